The van der Waals surface area contributed by atoms with Crippen molar-refractivity contribution in [3.63, 3.8) is 0 Å². The molecule has 0 spiro atoms. The van der Waals surface area contributed by atoms with Gasteiger partial charge in [0.05, 0.1) is 16.2 Å². The lowest BCUT2D eigenvalue weighted by atomic mass is 10.1. The Hall–Kier alpha value is -3.50. The van der Waals surface area contributed by atoms with Crippen molar-refractivity contribution in [2.75, 3.05) is 11.4 Å². The van der Waals surface area contributed by atoms with Gasteiger partial charge in [0.15, 0.2) is 5.13 Å². The van der Waals surface area contributed by atoms with Crippen LogP contribution in [0.5, 0.6) is 0 Å². The number of hydrogen-bond acceptors (Lipinski definition) is 10. The summed E-state index contributed by atoms with van der Waals surface area (Å²) in [4.78, 5) is 65.9. The number of aromatic nitrogens is 2. The molecular weight excluding hydrogens is 631 g/mol. The maximum atomic E-state index is 14.3. The number of nitrogens with zero attached hydrogens (tertiary/aromatic N) is 5. The molecule has 0 bridgehead atoms. The number of rotatable bonds is 11. The van der Waals surface area contributed by atoms with E-state index in [1.807, 2.05) is 11.7 Å². The van der Waals surface area contributed by atoms with Crippen LogP contribution in [0, 0.1) is 11.8 Å². The van der Waals surface area contributed by atoms with E-state index in [1.165, 1.54) is 18.3 Å². The predicted octanol–water partition coefficient (Wildman–Crippen LogP) is 4.99. The number of amides is 4. The monoisotopic (exact) mass is 664 g/mol. The van der Waals surface area contributed by atoms with Crippen LogP contribution in [0.4, 0.5) is 23.1 Å². The SMILES string of the molecule is CC1=C(C(=O)N(C(=O)c2csc(N(CC(C)C)C3CC3)n2)[C@H]([C]=O)CC2CC2)SC(c2ccc(C(F)(F)F)cn2)N1C(=O)NN. The second kappa shape index (κ2) is 13.1. The highest BCUT2D eigenvalue weighted by Crippen LogP contribution is 2.48. The van der Waals surface area contributed by atoms with Gasteiger partial charge in [-0.05, 0) is 50.2 Å². The summed E-state index contributed by atoms with van der Waals surface area (Å²) < 4.78 is 39.5. The number of carbonyl (C=O) groups excluding carboxylic acids is 4. The standard InChI is InChI=1S/C29H33F3N7O4S2/c1-15(2)12-37(19-7-8-19)28-35-22(14-44-28)24(41)39(20(13-40)10-17-4-5-17)25(42)23-16(3)38(27(43)36-33)26(45-23)21-9-6-18(11-34-21)29(30,31)32/h6,9,11,14-15,17,19-20,26H,4-5,7-8,10,12,33H2,1-3H3,(H,36,43)/t20-,26?/m0/s1. The number of imide groups is 1. The highest BCUT2D eigenvalue weighted by molar-refractivity contribution is 8.04. The van der Waals surface area contributed by atoms with Crippen molar-refractivity contribution in [2.45, 2.75) is 76.5 Å². The summed E-state index contributed by atoms with van der Waals surface area (Å²) in [6.45, 7) is 6.38. The van der Waals surface area contributed by atoms with Crippen LogP contribution >= 0.6 is 23.1 Å². The molecule has 2 aliphatic carbocycles. The first-order valence-electron chi connectivity index (χ1n) is 14.5. The molecule has 3 aliphatic rings. The molecule has 16 heteroatoms. The second-order valence-electron chi connectivity index (χ2n) is 11.8. The number of carbonyl (C=O) groups is 3. The Morgan fingerprint density at radius 2 is 1.89 bits per heavy atom. The zero-order valence-electron chi connectivity index (χ0n) is 24.8. The summed E-state index contributed by atoms with van der Waals surface area (Å²) in [6, 6.07) is 0.208. The van der Waals surface area contributed by atoms with Gasteiger partial charge < -0.3 is 4.90 Å². The van der Waals surface area contributed by atoms with E-state index in [1.54, 1.807) is 5.38 Å². The molecule has 45 heavy (non-hydrogen) atoms. The van der Waals surface area contributed by atoms with Crippen molar-refractivity contribution in [1.29, 1.82) is 0 Å². The van der Waals surface area contributed by atoms with Crippen LogP contribution in [0.3, 0.4) is 0 Å². The number of halogens is 3. The molecule has 4 amide bonds. The fraction of sp³-hybridized carbons (Fsp3) is 0.517. The van der Waals surface area contributed by atoms with Crippen molar-refractivity contribution >= 4 is 52.4 Å². The topological polar surface area (TPSA) is 142 Å². The van der Waals surface area contributed by atoms with Gasteiger partial charge in [-0.2, -0.15) is 13.2 Å². The van der Waals surface area contributed by atoms with E-state index in [4.69, 9.17) is 5.84 Å². The molecule has 1 unspecified atom stereocenters. The molecule has 241 valence electrons. The summed E-state index contributed by atoms with van der Waals surface area (Å²) in [5.41, 5.74) is 1.14. The second-order valence-corrected chi connectivity index (χ2v) is 13.7. The van der Waals surface area contributed by atoms with Gasteiger partial charge in [-0.3, -0.25) is 34.6 Å². The van der Waals surface area contributed by atoms with E-state index in [-0.39, 0.29) is 34.3 Å². The lowest BCUT2D eigenvalue weighted by molar-refractivity contribution is -0.137. The Morgan fingerprint density at radius 1 is 1.18 bits per heavy atom. The average Bonchev–Trinajstić information content (AvgIpc) is 3.93. The number of allylic oxidation sites excluding steroid dienone is 1. The number of nitrogens with one attached hydrogen (secondary N) is 1. The smallest absolute Gasteiger partial charge is 0.345 e. The average molecular weight is 665 g/mol. The first-order valence-corrected chi connectivity index (χ1v) is 16.3. The van der Waals surface area contributed by atoms with Gasteiger partial charge in [-0.15, -0.1) is 11.3 Å². The number of nitrogens with two attached hydrogens (primary N) is 1. The van der Waals surface area contributed by atoms with E-state index in [9.17, 15) is 32.3 Å². The third-order valence-electron chi connectivity index (χ3n) is 7.70. The van der Waals surface area contributed by atoms with Gasteiger partial charge in [-0.25, -0.2) is 15.6 Å². The maximum absolute atomic E-state index is 14.3. The summed E-state index contributed by atoms with van der Waals surface area (Å²) >= 11 is 2.11. The largest absolute Gasteiger partial charge is 0.417 e. The molecule has 1 radical (unpaired) electrons. The summed E-state index contributed by atoms with van der Waals surface area (Å²) in [5.74, 6) is 4.28. The van der Waals surface area contributed by atoms with Crippen LogP contribution in [0.25, 0.3) is 0 Å². The van der Waals surface area contributed by atoms with Crippen molar-refractivity contribution in [3.8, 4) is 0 Å². The molecule has 5 rings (SSSR count). The van der Waals surface area contributed by atoms with E-state index in [2.05, 4.69) is 28.7 Å². The number of hydrazine groups is 1. The molecule has 2 aromatic heterocycles. The summed E-state index contributed by atoms with van der Waals surface area (Å²) in [7, 11) is 0. The molecule has 2 aromatic rings. The lowest BCUT2D eigenvalue weighted by Crippen LogP contribution is -2.46. The van der Waals surface area contributed by atoms with Crippen LogP contribution in [-0.2, 0) is 15.8 Å². The van der Waals surface area contributed by atoms with Crippen molar-refractivity contribution in [1.82, 2.24) is 25.2 Å². The van der Waals surface area contributed by atoms with Crippen LogP contribution in [0.1, 0.15) is 80.0 Å². The highest BCUT2D eigenvalue weighted by Gasteiger charge is 2.45. The van der Waals surface area contributed by atoms with Crippen LogP contribution in [-0.4, -0.2) is 62.5 Å². The summed E-state index contributed by atoms with van der Waals surface area (Å²) in [6.07, 6.45) is 1.86. The first-order chi connectivity index (χ1) is 21.3. The fourth-order valence-electron chi connectivity index (χ4n) is 5.12. The molecule has 3 N–H and O–H groups in total. The third-order valence-corrected chi connectivity index (χ3v) is 9.96. The quantitative estimate of drug-likeness (QED) is 0.147. The van der Waals surface area contributed by atoms with Gasteiger partial charge in [-0.1, -0.05) is 38.5 Å². The van der Waals surface area contributed by atoms with E-state index >= 15 is 0 Å². The molecule has 0 aromatic carbocycles. The zero-order valence-corrected chi connectivity index (χ0v) is 26.5. The van der Waals surface area contributed by atoms with Gasteiger partial charge in [0.25, 0.3) is 11.8 Å². The molecule has 1 aliphatic heterocycles. The summed E-state index contributed by atoms with van der Waals surface area (Å²) in [5, 5.41) is 1.14. The maximum Gasteiger partial charge on any atom is 0.417 e. The molecule has 0 saturated heterocycles. The highest BCUT2D eigenvalue weighted by atomic mass is 32.2. The number of pyridine rings is 1. The minimum Gasteiger partial charge on any atom is -0.345 e. The van der Waals surface area contributed by atoms with E-state index in [0.29, 0.717) is 23.3 Å². The Bertz CT molecular complexity index is 1490. The Kier molecular flexibility index (Phi) is 9.56. The molecule has 3 heterocycles. The molecule has 2 fully saturated rings. The van der Waals surface area contributed by atoms with Crippen LogP contribution < -0.4 is 16.2 Å². The Morgan fingerprint density at radius 3 is 2.42 bits per heavy atom. The number of alkyl halides is 3. The van der Waals surface area contributed by atoms with E-state index < -0.39 is 41.0 Å². The predicted molar refractivity (Wildman–Crippen MR) is 162 cm³/mol. The van der Waals surface area contributed by atoms with E-state index in [0.717, 1.165) is 65.9 Å². The zero-order chi connectivity index (χ0) is 32.6. The molecule has 2 atom stereocenters. The lowest BCUT2D eigenvalue weighted by Gasteiger charge is -2.26. The minimum atomic E-state index is -4.62. The number of anilines is 1. The van der Waals surface area contributed by atoms with Gasteiger partial charge in [0, 0.05) is 29.9 Å². The molecule has 11 nitrogen and oxygen atoms in total. The Balaban J connectivity index is 1.48. The van der Waals surface area contributed by atoms with Crippen LogP contribution in [0.15, 0.2) is 34.3 Å². The third kappa shape index (κ3) is 7.17. The van der Waals surface area contributed by atoms with Gasteiger partial charge in [0.2, 0.25) is 6.29 Å². The van der Waals surface area contributed by atoms with Gasteiger partial charge in [0.1, 0.15) is 17.1 Å². The number of thiazole rings is 1. The fourth-order valence-corrected chi connectivity index (χ4v) is 7.31. The molecule has 2 saturated carbocycles. The normalized spacial score (nSPS) is 19.1. The van der Waals surface area contributed by atoms with Crippen molar-refractivity contribution in [3.05, 3.63) is 51.3 Å². The van der Waals surface area contributed by atoms with Crippen molar-refractivity contribution < 1.29 is 32.3 Å². The molecular formula is C29H33F3N7O4S2. The number of hydrogen-bond donors (Lipinski definition) is 2. The first kappa shape index (κ1) is 32.9. The van der Waals surface area contributed by atoms with Crippen molar-refractivity contribution in [2.24, 2.45) is 17.7 Å². The number of thioether (sulfide) groups is 1. The Labute approximate surface area is 266 Å². The number of urea groups is 1. The minimum absolute atomic E-state index is 0.00701. The van der Waals surface area contributed by atoms with Crippen LogP contribution in [0.2, 0.25) is 0 Å². The van der Waals surface area contributed by atoms with Gasteiger partial charge >= 0.3 is 12.2 Å².